The fourth-order valence-corrected chi connectivity index (χ4v) is 3.46. The van der Waals surface area contributed by atoms with Crippen molar-refractivity contribution in [1.29, 1.82) is 0 Å². The summed E-state index contributed by atoms with van der Waals surface area (Å²) >= 11 is 1.87. The summed E-state index contributed by atoms with van der Waals surface area (Å²) < 4.78 is 1.34. The Labute approximate surface area is 106 Å². The molecular formula is C14H18N2S. The molecule has 1 aliphatic rings. The molecule has 1 fully saturated rings. The first-order chi connectivity index (χ1) is 8.13. The van der Waals surface area contributed by atoms with Crippen LogP contribution in [0.1, 0.15) is 30.3 Å². The van der Waals surface area contributed by atoms with E-state index in [4.69, 9.17) is 4.98 Å². The van der Waals surface area contributed by atoms with Crippen molar-refractivity contribution >= 4 is 21.6 Å². The normalized spacial score (nSPS) is 17.9. The second-order valence-corrected chi connectivity index (χ2v) is 6.33. The lowest BCUT2D eigenvalue weighted by atomic mass is 9.99. The zero-order valence-corrected chi connectivity index (χ0v) is 11.4. The van der Waals surface area contributed by atoms with E-state index in [0.717, 1.165) is 0 Å². The van der Waals surface area contributed by atoms with Gasteiger partial charge in [0.05, 0.1) is 15.2 Å². The predicted octanol–water partition coefficient (Wildman–Crippen LogP) is 3.41. The zero-order chi connectivity index (χ0) is 12.0. The minimum Gasteiger partial charge on any atom is -0.299 e. The number of aromatic nitrogens is 1. The Morgan fingerprint density at radius 2 is 2.12 bits per heavy atom. The van der Waals surface area contributed by atoms with Crippen LogP contribution in [0.3, 0.4) is 0 Å². The molecule has 2 heterocycles. The van der Waals surface area contributed by atoms with Gasteiger partial charge in [0.2, 0.25) is 0 Å². The molecule has 1 aliphatic heterocycles. The second kappa shape index (κ2) is 4.07. The van der Waals surface area contributed by atoms with Gasteiger partial charge in [-0.1, -0.05) is 6.07 Å². The molecule has 3 heteroatoms. The first kappa shape index (κ1) is 11.2. The summed E-state index contributed by atoms with van der Waals surface area (Å²) in [7, 11) is 0. The van der Waals surface area contributed by atoms with E-state index in [0.29, 0.717) is 12.0 Å². The number of likely N-dealkylation sites (tertiary alicyclic amines) is 1. The average Bonchev–Trinajstić information content (AvgIpc) is 2.56. The Balaban J connectivity index is 1.83. The van der Waals surface area contributed by atoms with Crippen molar-refractivity contribution in [2.24, 2.45) is 0 Å². The molecule has 2 nitrogen and oxygen atoms in total. The van der Waals surface area contributed by atoms with Gasteiger partial charge in [0.1, 0.15) is 0 Å². The topological polar surface area (TPSA) is 16.1 Å². The summed E-state index contributed by atoms with van der Waals surface area (Å²) in [6, 6.07) is 7.20. The maximum absolute atomic E-state index is 4.76. The highest BCUT2D eigenvalue weighted by Gasteiger charge is 2.31. The van der Waals surface area contributed by atoms with E-state index in [-0.39, 0.29) is 0 Å². The van der Waals surface area contributed by atoms with E-state index in [1.54, 1.807) is 0 Å². The van der Waals surface area contributed by atoms with E-state index in [2.05, 4.69) is 43.9 Å². The van der Waals surface area contributed by atoms with Gasteiger partial charge in [0.25, 0.3) is 0 Å². The first-order valence-electron chi connectivity index (χ1n) is 6.24. The Morgan fingerprint density at radius 1 is 1.35 bits per heavy atom. The molecule has 17 heavy (non-hydrogen) atoms. The van der Waals surface area contributed by atoms with Crippen molar-refractivity contribution in [3.05, 3.63) is 28.8 Å². The summed E-state index contributed by atoms with van der Waals surface area (Å²) in [5.41, 5.74) is 2.49. The molecule has 3 rings (SSSR count). The van der Waals surface area contributed by atoms with Gasteiger partial charge >= 0.3 is 0 Å². The lowest BCUT2D eigenvalue weighted by Gasteiger charge is -2.41. The van der Waals surface area contributed by atoms with Crippen molar-refractivity contribution in [3.63, 3.8) is 0 Å². The van der Waals surface area contributed by atoms with Crippen LogP contribution < -0.4 is 0 Å². The molecule has 0 amide bonds. The standard InChI is InChI=1S/C14H18N2S/c1-9(2)16-7-11(8-16)14-15-12-5-4-10(3)6-13(12)17-14/h4-6,9,11H,7-8H2,1-3H3. The molecule has 0 bridgehead atoms. The third-order valence-corrected chi connectivity index (χ3v) is 4.73. The van der Waals surface area contributed by atoms with Crippen LogP contribution in [0.2, 0.25) is 0 Å². The van der Waals surface area contributed by atoms with Crippen LogP contribution in [0.4, 0.5) is 0 Å². The molecule has 0 unspecified atom stereocenters. The van der Waals surface area contributed by atoms with Gasteiger partial charge in [-0.15, -0.1) is 11.3 Å². The number of benzene rings is 1. The van der Waals surface area contributed by atoms with Crippen molar-refractivity contribution in [2.75, 3.05) is 13.1 Å². The van der Waals surface area contributed by atoms with Crippen LogP contribution >= 0.6 is 11.3 Å². The van der Waals surface area contributed by atoms with Gasteiger partial charge in [0.15, 0.2) is 0 Å². The van der Waals surface area contributed by atoms with Crippen LogP contribution in [0, 0.1) is 6.92 Å². The lowest BCUT2D eigenvalue weighted by Crippen LogP contribution is -2.48. The second-order valence-electron chi connectivity index (χ2n) is 5.27. The van der Waals surface area contributed by atoms with Crippen LogP contribution in [0.5, 0.6) is 0 Å². The summed E-state index contributed by atoms with van der Waals surface area (Å²) in [4.78, 5) is 7.26. The molecule has 0 radical (unpaired) electrons. The number of fused-ring (bicyclic) bond motifs is 1. The number of hydrogen-bond donors (Lipinski definition) is 0. The first-order valence-corrected chi connectivity index (χ1v) is 7.06. The fourth-order valence-electron chi connectivity index (χ4n) is 2.31. The van der Waals surface area contributed by atoms with Crippen LogP contribution in [-0.2, 0) is 0 Å². The largest absolute Gasteiger partial charge is 0.299 e. The number of hydrogen-bond acceptors (Lipinski definition) is 3. The Hall–Kier alpha value is -0.930. The Kier molecular flexibility index (Phi) is 2.68. The van der Waals surface area contributed by atoms with E-state index >= 15 is 0 Å². The van der Waals surface area contributed by atoms with Gasteiger partial charge in [0, 0.05) is 25.0 Å². The fraction of sp³-hybridized carbons (Fsp3) is 0.500. The highest BCUT2D eigenvalue weighted by molar-refractivity contribution is 7.18. The number of rotatable bonds is 2. The third-order valence-electron chi connectivity index (χ3n) is 3.55. The van der Waals surface area contributed by atoms with Crippen LogP contribution in [-0.4, -0.2) is 29.0 Å². The summed E-state index contributed by atoms with van der Waals surface area (Å²) in [5.74, 6) is 0.662. The van der Waals surface area contributed by atoms with Gasteiger partial charge in [-0.25, -0.2) is 4.98 Å². The number of aryl methyl sites for hydroxylation is 1. The van der Waals surface area contributed by atoms with Gasteiger partial charge in [-0.2, -0.15) is 0 Å². The molecule has 2 aromatic rings. The highest BCUT2D eigenvalue weighted by atomic mass is 32.1. The molecule has 0 atom stereocenters. The van der Waals surface area contributed by atoms with E-state index < -0.39 is 0 Å². The highest BCUT2D eigenvalue weighted by Crippen LogP contribution is 2.34. The van der Waals surface area contributed by atoms with Crippen molar-refractivity contribution in [3.8, 4) is 0 Å². The molecule has 1 aromatic heterocycles. The van der Waals surface area contributed by atoms with E-state index in [9.17, 15) is 0 Å². The lowest BCUT2D eigenvalue weighted by molar-refractivity contribution is 0.110. The molecular weight excluding hydrogens is 228 g/mol. The third kappa shape index (κ3) is 1.98. The van der Waals surface area contributed by atoms with Gasteiger partial charge in [-0.05, 0) is 38.5 Å². The van der Waals surface area contributed by atoms with E-state index in [1.165, 1.54) is 33.9 Å². The average molecular weight is 246 g/mol. The molecule has 0 aliphatic carbocycles. The minimum atomic E-state index is 0.662. The number of nitrogens with zero attached hydrogens (tertiary/aromatic N) is 2. The zero-order valence-electron chi connectivity index (χ0n) is 10.6. The molecule has 90 valence electrons. The SMILES string of the molecule is Cc1ccc2nc(C3CN(C(C)C)C3)sc2c1. The molecule has 0 spiro atoms. The Morgan fingerprint density at radius 3 is 2.82 bits per heavy atom. The Bertz CT molecular complexity index is 538. The molecule has 0 saturated carbocycles. The number of thiazole rings is 1. The maximum atomic E-state index is 4.76. The monoisotopic (exact) mass is 246 g/mol. The van der Waals surface area contributed by atoms with E-state index in [1.807, 2.05) is 11.3 Å². The van der Waals surface area contributed by atoms with Crippen molar-refractivity contribution in [2.45, 2.75) is 32.7 Å². The summed E-state index contributed by atoms with van der Waals surface area (Å²) in [5, 5.41) is 1.32. The van der Waals surface area contributed by atoms with Crippen LogP contribution in [0.25, 0.3) is 10.2 Å². The molecule has 0 N–H and O–H groups in total. The smallest absolute Gasteiger partial charge is 0.0995 e. The summed E-state index contributed by atoms with van der Waals surface area (Å²) in [6.45, 7) is 9.02. The quantitative estimate of drug-likeness (QED) is 0.807. The summed E-state index contributed by atoms with van der Waals surface area (Å²) in [6.07, 6.45) is 0. The predicted molar refractivity (Wildman–Crippen MR) is 73.8 cm³/mol. The molecule has 1 aromatic carbocycles. The van der Waals surface area contributed by atoms with Crippen molar-refractivity contribution < 1.29 is 0 Å². The van der Waals surface area contributed by atoms with Gasteiger partial charge < -0.3 is 0 Å². The van der Waals surface area contributed by atoms with Crippen LogP contribution in [0.15, 0.2) is 18.2 Å². The van der Waals surface area contributed by atoms with Gasteiger partial charge in [-0.3, -0.25) is 4.90 Å². The minimum absolute atomic E-state index is 0.662. The molecule has 1 saturated heterocycles. The maximum Gasteiger partial charge on any atom is 0.0995 e. The van der Waals surface area contributed by atoms with Crippen molar-refractivity contribution in [1.82, 2.24) is 9.88 Å².